The molecule has 2 N–H and O–H groups in total. The van der Waals surface area contributed by atoms with Gasteiger partial charge >= 0.3 is 0 Å². The van der Waals surface area contributed by atoms with Crippen LogP contribution in [0.5, 0.6) is 5.75 Å². The molecule has 0 bridgehead atoms. The fourth-order valence-electron chi connectivity index (χ4n) is 1.76. The second-order valence-corrected chi connectivity index (χ2v) is 5.17. The molecule has 0 spiro atoms. The van der Waals surface area contributed by atoms with E-state index in [9.17, 15) is 9.90 Å². The third kappa shape index (κ3) is 4.41. The number of nitrogens with one attached hydrogen (secondary N) is 1. The first-order chi connectivity index (χ1) is 9.13. The highest BCUT2D eigenvalue weighted by atomic mass is 79.9. The van der Waals surface area contributed by atoms with Crippen molar-refractivity contribution in [2.75, 3.05) is 0 Å². The van der Waals surface area contributed by atoms with Crippen LogP contribution in [0, 0.1) is 0 Å². The molecule has 0 aliphatic rings. The van der Waals surface area contributed by atoms with Gasteiger partial charge in [0.2, 0.25) is 5.91 Å². The Labute approximate surface area is 120 Å². The van der Waals surface area contributed by atoms with E-state index in [1.54, 1.807) is 18.2 Å². The van der Waals surface area contributed by atoms with E-state index in [1.807, 2.05) is 30.3 Å². The first-order valence-electron chi connectivity index (χ1n) is 5.92. The highest BCUT2D eigenvalue weighted by Crippen LogP contribution is 2.13. The lowest BCUT2D eigenvalue weighted by atomic mass is 10.1. The number of carbonyl (C=O) groups excluding carboxylic acids is 1. The molecule has 2 rings (SSSR count). The lowest BCUT2D eigenvalue weighted by Crippen LogP contribution is -2.24. The summed E-state index contributed by atoms with van der Waals surface area (Å²) in [5.41, 5.74) is 1.84. The van der Waals surface area contributed by atoms with Crippen LogP contribution in [-0.2, 0) is 17.8 Å². The van der Waals surface area contributed by atoms with E-state index in [0.717, 1.165) is 15.6 Å². The van der Waals surface area contributed by atoms with Crippen LogP contribution in [-0.4, -0.2) is 11.0 Å². The van der Waals surface area contributed by atoms with Gasteiger partial charge in [0, 0.05) is 11.0 Å². The van der Waals surface area contributed by atoms with Crippen LogP contribution in [0.4, 0.5) is 0 Å². The zero-order valence-electron chi connectivity index (χ0n) is 10.3. The van der Waals surface area contributed by atoms with E-state index >= 15 is 0 Å². The number of benzene rings is 2. The molecule has 2 aromatic rings. The predicted octanol–water partition coefficient (Wildman–Crippen LogP) is 3.01. The Hall–Kier alpha value is -1.81. The average molecular weight is 320 g/mol. The van der Waals surface area contributed by atoms with Crippen molar-refractivity contribution in [3.05, 3.63) is 64.1 Å². The van der Waals surface area contributed by atoms with Gasteiger partial charge in [-0.2, -0.15) is 0 Å². The Morgan fingerprint density at radius 3 is 2.58 bits per heavy atom. The third-order valence-corrected chi connectivity index (χ3v) is 3.15. The number of hydrogen-bond acceptors (Lipinski definition) is 2. The van der Waals surface area contributed by atoms with E-state index in [4.69, 9.17) is 0 Å². The molecule has 0 unspecified atom stereocenters. The van der Waals surface area contributed by atoms with Gasteiger partial charge in [0.1, 0.15) is 5.75 Å². The summed E-state index contributed by atoms with van der Waals surface area (Å²) in [5.74, 6) is 0.167. The molecular weight excluding hydrogens is 306 g/mol. The van der Waals surface area contributed by atoms with E-state index in [2.05, 4.69) is 21.2 Å². The fourth-order valence-corrected chi connectivity index (χ4v) is 2.21. The van der Waals surface area contributed by atoms with Crippen LogP contribution in [0.1, 0.15) is 11.1 Å². The van der Waals surface area contributed by atoms with Crippen LogP contribution >= 0.6 is 15.9 Å². The molecule has 98 valence electrons. The maximum Gasteiger partial charge on any atom is 0.224 e. The molecule has 3 nitrogen and oxygen atoms in total. The van der Waals surface area contributed by atoms with Crippen molar-refractivity contribution >= 4 is 21.8 Å². The molecule has 19 heavy (non-hydrogen) atoms. The molecule has 0 radical (unpaired) electrons. The van der Waals surface area contributed by atoms with Gasteiger partial charge in [-0.3, -0.25) is 4.79 Å². The van der Waals surface area contributed by atoms with Crippen molar-refractivity contribution in [2.45, 2.75) is 13.0 Å². The van der Waals surface area contributed by atoms with Gasteiger partial charge in [-0.05, 0) is 35.4 Å². The maximum absolute atomic E-state index is 11.8. The average Bonchev–Trinajstić information content (AvgIpc) is 2.36. The van der Waals surface area contributed by atoms with Gasteiger partial charge in [-0.1, -0.05) is 40.2 Å². The molecule has 1 amide bonds. The fraction of sp³-hybridized carbons (Fsp3) is 0.133. The molecule has 0 heterocycles. The summed E-state index contributed by atoms with van der Waals surface area (Å²) in [6, 6.07) is 14.5. The lowest BCUT2D eigenvalue weighted by molar-refractivity contribution is -0.120. The van der Waals surface area contributed by atoms with Crippen molar-refractivity contribution in [1.82, 2.24) is 5.32 Å². The first-order valence-corrected chi connectivity index (χ1v) is 6.72. The molecular formula is C15H14BrNO2. The Kier molecular flexibility index (Phi) is 4.58. The molecule has 0 fully saturated rings. The molecule has 0 saturated heterocycles. The zero-order chi connectivity index (χ0) is 13.7. The van der Waals surface area contributed by atoms with Gasteiger partial charge < -0.3 is 10.4 Å². The summed E-state index contributed by atoms with van der Waals surface area (Å²) in [6.45, 7) is 0.418. The number of amides is 1. The number of halogens is 1. The van der Waals surface area contributed by atoms with Gasteiger partial charge in [0.25, 0.3) is 0 Å². The largest absolute Gasteiger partial charge is 0.508 e. The van der Waals surface area contributed by atoms with Crippen LogP contribution in [0.3, 0.4) is 0 Å². The van der Waals surface area contributed by atoms with E-state index in [-0.39, 0.29) is 11.7 Å². The van der Waals surface area contributed by atoms with E-state index in [1.165, 1.54) is 0 Å². The summed E-state index contributed by atoms with van der Waals surface area (Å²) in [5, 5.41) is 12.2. The lowest BCUT2D eigenvalue weighted by Gasteiger charge is -2.06. The smallest absolute Gasteiger partial charge is 0.224 e. The zero-order valence-corrected chi connectivity index (χ0v) is 11.9. The topological polar surface area (TPSA) is 49.3 Å². The minimum absolute atomic E-state index is 0.0403. The van der Waals surface area contributed by atoms with Crippen molar-refractivity contribution < 1.29 is 9.90 Å². The second kappa shape index (κ2) is 6.38. The Morgan fingerprint density at radius 2 is 1.84 bits per heavy atom. The molecule has 0 atom stereocenters. The van der Waals surface area contributed by atoms with Crippen LogP contribution < -0.4 is 5.32 Å². The standard InChI is InChI=1S/C15H14BrNO2/c16-13-5-1-3-11(7-13)9-15(19)17-10-12-4-2-6-14(18)8-12/h1-8,18H,9-10H2,(H,17,19). The molecule has 0 saturated carbocycles. The summed E-state index contributed by atoms with van der Waals surface area (Å²) < 4.78 is 0.964. The van der Waals surface area contributed by atoms with Crippen molar-refractivity contribution in [2.24, 2.45) is 0 Å². The Bertz CT molecular complexity index is 584. The predicted molar refractivity (Wildman–Crippen MR) is 77.8 cm³/mol. The summed E-state index contributed by atoms with van der Waals surface area (Å²) >= 11 is 3.38. The van der Waals surface area contributed by atoms with E-state index < -0.39 is 0 Å². The Morgan fingerprint density at radius 1 is 1.11 bits per heavy atom. The van der Waals surface area contributed by atoms with Crippen molar-refractivity contribution in [3.63, 3.8) is 0 Å². The maximum atomic E-state index is 11.8. The minimum atomic E-state index is -0.0403. The van der Waals surface area contributed by atoms with E-state index in [0.29, 0.717) is 13.0 Å². The quantitative estimate of drug-likeness (QED) is 0.910. The van der Waals surface area contributed by atoms with Crippen LogP contribution in [0.25, 0.3) is 0 Å². The summed E-state index contributed by atoms with van der Waals surface area (Å²) in [6.07, 6.45) is 0.345. The molecule has 0 aliphatic carbocycles. The van der Waals surface area contributed by atoms with Crippen molar-refractivity contribution in [1.29, 1.82) is 0 Å². The number of rotatable bonds is 4. The summed E-state index contributed by atoms with van der Waals surface area (Å²) in [7, 11) is 0. The molecule has 4 heteroatoms. The summed E-state index contributed by atoms with van der Waals surface area (Å²) in [4.78, 5) is 11.8. The number of hydrogen-bond donors (Lipinski definition) is 2. The highest BCUT2D eigenvalue weighted by Gasteiger charge is 2.04. The number of carbonyl (C=O) groups is 1. The van der Waals surface area contributed by atoms with Crippen LogP contribution in [0.15, 0.2) is 53.0 Å². The minimum Gasteiger partial charge on any atom is -0.508 e. The van der Waals surface area contributed by atoms with Gasteiger partial charge in [0.15, 0.2) is 0 Å². The molecule has 0 aliphatic heterocycles. The SMILES string of the molecule is O=C(Cc1cccc(Br)c1)NCc1cccc(O)c1. The number of phenols is 1. The normalized spacial score (nSPS) is 10.2. The van der Waals surface area contributed by atoms with Gasteiger partial charge in [-0.15, -0.1) is 0 Å². The number of aromatic hydroxyl groups is 1. The monoisotopic (exact) mass is 319 g/mol. The number of phenolic OH excluding ortho intramolecular Hbond substituents is 1. The van der Waals surface area contributed by atoms with Crippen LogP contribution in [0.2, 0.25) is 0 Å². The molecule has 0 aromatic heterocycles. The van der Waals surface area contributed by atoms with Crippen molar-refractivity contribution in [3.8, 4) is 5.75 Å². The highest BCUT2D eigenvalue weighted by molar-refractivity contribution is 9.10. The third-order valence-electron chi connectivity index (χ3n) is 2.65. The van der Waals surface area contributed by atoms with Gasteiger partial charge in [-0.25, -0.2) is 0 Å². The second-order valence-electron chi connectivity index (χ2n) is 4.25. The molecule has 2 aromatic carbocycles. The van der Waals surface area contributed by atoms with Gasteiger partial charge in [0.05, 0.1) is 6.42 Å². The first kappa shape index (κ1) is 13.6. The Balaban J connectivity index is 1.88.